The van der Waals surface area contributed by atoms with Crippen molar-refractivity contribution in [2.45, 2.75) is 44.9 Å². The van der Waals surface area contributed by atoms with E-state index in [2.05, 4.69) is 31.0 Å². The van der Waals surface area contributed by atoms with Crippen molar-refractivity contribution in [3.05, 3.63) is 35.4 Å². The minimum absolute atomic E-state index is 0.0466. The van der Waals surface area contributed by atoms with E-state index in [0.717, 1.165) is 24.9 Å². The molecule has 0 unspecified atom stereocenters. The highest BCUT2D eigenvalue weighted by atomic mass is 16.3. The Morgan fingerprint density at radius 3 is 2.32 bits per heavy atom. The molecular formula is C16H25NO2. The van der Waals surface area contributed by atoms with Crippen LogP contribution in [0.25, 0.3) is 0 Å². The first-order valence-electron chi connectivity index (χ1n) is 7.10. The SMILES string of the molecule is C[C@H]1CC[C@](CO)(N(C)Cc2ccc(CO)cc2)C1. The fourth-order valence-corrected chi connectivity index (χ4v) is 3.17. The summed E-state index contributed by atoms with van der Waals surface area (Å²) in [6.07, 6.45) is 3.36. The van der Waals surface area contributed by atoms with Gasteiger partial charge in [0, 0.05) is 12.1 Å². The van der Waals surface area contributed by atoms with Gasteiger partial charge in [-0.25, -0.2) is 0 Å². The lowest BCUT2D eigenvalue weighted by Crippen LogP contribution is -2.47. The van der Waals surface area contributed by atoms with E-state index in [0.29, 0.717) is 5.92 Å². The van der Waals surface area contributed by atoms with E-state index >= 15 is 0 Å². The molecule has 0 amide bonds. The summed E-state index contributed by atoms with van der Waals surface area (Å²) in [5, 5.41) is 18.8. The van der Waals surface area contributed by atoms with Crippen LogP contribution < -0.4 is 0 Å². The zero-order valence-electron chi connectivity index (χ0n) is 12.0. The van der Waals surface area contributed by atoms with Gasteiger partial charge in [-0.1, -0.05) is 31.2 Å². The van der Waals surface area contributed by atoms with Gasteiger partial charge in [0.05, 0.1) is 13.2 Å². The summed E-state index contributed by atoms with van der Waals surface area (Å²) in [4.78, 5) is 2.30. The Labute approximate surface area is 115 Å². The molecule has 2 rings (SSSR count). The Bertz CT molecular complexity index is 404. The van der Waals surface area contributed by atoms with Crippen LogP contribution >= 0.6 is 0 Å². The molecule has 1 saturated carbocycles. The molecule has 1 fully saturated rings. The predicted molar refractivity (Wildman–Crippen MR) is 76.7 cm³/mol. The van der Waals surface area contributed by atoms with Gasteiger partial charge in [0.15, 0.2) is 0 Å². The van der Waals surface area contributed by atoms with Crippen LogP contribution in [0.5, 0.6) is 0 Å². The van der Waals surface area contributed by atoms with E-state index in [1.54, 1.807) is 0 Å². The number of likely N-dealkylation sites (N-methyl/N-ethyl adjacent to an activating group) is 1. The molecule has 19 heavy (non-hydrogen) atoms. The number of rotatable bonds is 5. The largest absolute Gasteiger partial charge is 0.394 e. The van der Waals surface area contributed by atoms with Crippen molar-refractivity contribution in [3.63, 3.8) is 0 Å². The van der Waals surface area contributed by atoms with Crippen molar-refractivity contribution >= 4 is 0 Å². The van der Waals surface area contributed by atoms with Crippen molar-refractivity contribution < 1.29 is 10.2 Å². The quantitative estimate of drug-likeness (QED) is 0.855. The van der Waals surface area contributed by atoms with Gasteiger partial charge in [-0.2, -0.15) is 0 Å². The molecule has 3 nitrogen and oxygen atoms in total. The second-order valence-electron chi connectivity index (χ2n) is 6.06. The van der Waals surface area contributed by atoms with Gasteiger partial charge in [0.1, 0.15) is 0 Å². The Kier molecular flexibility index (Phi) is 4.61. The zero-order valence-corrected chi connectivity index (χ0v) is 12.0. The lowest BCUT2D eigenvalue weighted by Gasteiger charge is -2.37. The molecule has 1 aromatic carbocycles. The molecule has 1 aliphatic rings. The Balaban J connectivity index is 2.04. The van der Waals surface area contributed by atoms with Crippen LogP contribution in [0, 0.1) is 5.92 Å². The van der Waals surface area contributed by atoms with Crippen LogP contribution in [0.2, 0.25) is 0 Å². The van der Waals surface area contributed by atoms with E-state index in [1.807, 2.05) is 12.1 Å². The minimum atomic E-state index is -0.0466. The van der Waals surface area contributed by atoms with E-state index in [9.17, 15) is 5.11 Å². The van der Waals surface area contributed by atoms with E-state index < -0.39 is 0 Å². The fraction of sp³-hybridized carbons (Fsp3) is 0.625. The molecule has 1 aliphatic carbocycles. The Morgan fingerprint density at radius 2 is 1.84 bits per heavy atom. The number of benzene rings is 1. The third-order valence-corrected chi connectivity index (χ3v) is 4.56. The summed E-state index contributed by atoms with van der Waals surface area (Å²) in [6.45, 7) is 3.44. The lowest BCUT2D eigenvalue weighted by atomic mass is 9.94. The van der Waals surface area contributed by atoms with Gasteiger partial charge in [-0.15, -0.1) is 0 Å². The van der Waals surface area contributed by atoms with Crippen LogP contribution in [-0.2, 0) is 13.2 Å². The molecule has 0 radical (unpaired) electrons. The van der Waals surface area contributed by atoms with Crippen molar-refractivity contribution in [2.24, 2.45) is 5.92 Å². The third-order valence-electron chi connectivity index (χ3n) is 4.56. The summed E-state index contributed by atoms with van der Waals surface area (Å²) in [7, 11) is 2.11. The summed E-state index contributed by atoms with van der Waals surface area (Å²) in [5.41, 5.74) is 2.12. The molecule has 2 N–H and O–H groups in total. The second kappa shape index (κ2) is 6.04. The zero-order chi connectivity index (χ0) is 13.9. The van der Waals surface area contributed by atoms with Crippen LogP contribution in [-0.4, -0.2) is 34.3 Å². The average Bonchev–Trinajstić information content (AvgIpc) is 2.82. The lowest BCUT2D eigenvalue weighted by molar-refractivity contribution is 0.0457. The highest BCUT2D eigenvalue weighted by molar-refractivity contribution is 5.22. The van der Waals surface area contributed by atoms with Gasteiger partial charge >= 0.3 is 0 Å². The van der Waals surface area contributed by atoms with Gasteiger partial charge in [0.25, 0.3) is 0 Å². The number of aliphatic hydroxyl groups excluding tert-OH is 2. The van der Waals surface area contributed by atoms with Crippen LogP contribution in [0.3, 0.4) is 0 Å². The number of hydrogen-bond acceptors (Lipinski definition) is 3. The molecule has 0 spiro atoms. The monoisotopic (exact) mass is 263 g/mol. The van der Waals surface area contributed by atoms with E-state index in [4.69, 9.17) is 5.11 Å². The topological polar surface area (TPSA) is 43.7 Å². The maximum Gasteiger partial charge on any atom is 0.0681 e. The first kappa shape index (κ1) is 14.5. The van der Waals surface area contributed by atoms with Crippen LogP contribution in [0.1, 0.15) is 37.3 Å². The fourth-order valence-electron chi connectivity index (χ4n) is 3.17. The molecule has 2 atom stereocenters. The number of hydrogen-bond donors (Lipinski definition) is 2. The molecule has 0 aliphatic heterocycles. The molecule has 1 aromatic rings. The molecule has 3 heteroatoms. The van der Waals surface area contributed by atoms with Crippen molar-refractivity contribution in [1.82, 2.24) is 4.90 Å². The van der Waals surface area contributed by atoms with Gasteiger partial charge in [-0.05, 0) is 43.4 Å². The minimum Gasteiger partial charge on any atom is -0.394 e. The summed E-state index contributed by atoms with van der Waals surface area (Å²) in [6, 6.07) is 8.05. The summed E-state index contributed by atoms with van der Waals surface area (Å²) in [5.74, 6) is 0.700. The summed E-state index contributed by atoms with van der Waals surface area (Å²) < 4.78 is 0. The van der Waals surface area contributed by atoms with Crippen LogP contribution in [0.15, 0.2) is 24.3 Å². The first-order chi connectivity index (χ1) is 9.09. The van der Waals surface area contributed by atoms with Crippen molar-refractivity contribution in [1.29, 1.82) is 0 Å². The maximum absolute atomic E-state index is 9.79. The smallest absolute Gasteiger partial charge is 0.0681 e. The Morgan fingerprint density at radius 1 is 1.21 bits per heavy atom. The van der Waals surface area contributed by atoms with Crippen molar-refractivity contribution in [2.75, 3.05) is 13.7 Å². The maximum atomic E-state index is 9.79. The van der Waals surface area contributed by atoms with E-state index in [-0.39, 0.29) is 18.8 Å². The first-order valence-corrected chi connectivity index (χ1v) is 7.10. The Hall–Kier alpha value is -0.900. The summed E-state index contributed by atoms with van der Waals surface area (Å²) >= 11 is 0. The second-order valence-corrected chi connectivity index (χ2v) is 6.06. The van der Waals surface area contributed by atoms with E-state index in [1.165, 1.54) is 12.0 Å². The van der Waals surface area contributed by atoms with Gasteiger partial charge < -0.3 is 10.2 Å². The normalized spacial score (nSPS) is 27.1. The van der Waals surface area contributed by atoms with Gasteiger partial charge in [-0.3, -0.25) is 4.90 Å². The highest BCUT2D eigenvalue weighted by Gasteiger charge is 2.40. The molecule has 0 saturated heterocycles. The number of aliphatic hydroxyl groups is 2. The highest BCUT2D eigenvalue weighted by Crippen LogP contribution is 2.38. The molecule has 0 heterocycles. The number of nitrogens with zero attached hydrogens (tertiary/aromatic N) is 1. The molecule has 106 valence electrons. The molecule has 0 aromatic heterocycles. The van der Waals surface area contributed by atoms with Crippen molar-refractivity contribution in [3.8, 4) is 0 Å². The van der Waals surface area contributed by atoms with Crippen LogP contribution in [0.4, 0.5) is 0 Å². The molecule has 0 bridgehead atoms. The molecular weight excluding hydrogens is 238 g/mol. The predicted octanol–water partition coefficient (Wildman–Crippen LogP) is 2.16. The average molecular weight is 263 g/mol. The van der Waals surface area contributed by atoms with Gasteiger partial charge in [0.2, 0.25) is 0 Å². The standard InChI is InChI=1S/C16H25NO2/c1-13-7-8-16(9-13,12-19)17(2)10-14-3-5-15(11-18)6-4-14/h3-6,13,18-19H,7-12H2,1-2H3/t13-,16-/m0/s1. The third kappa shape index (κ3) is 3.16.